The number of rotatable bonds is 12. The van der Waals surface area contributed by atoms with E-state index in [4.69, 9.17) is 14.6 Å². The fraction of sp³-hybridized carbons (Fsp3) is 0.389. The molecular formula is C36H39F3N4O9. The van der Waals surface area contributed by atoms with Gasteiger partial charge in [-0.25, -0.2) is 4.79 Å². The summed E-state index contributed by atoms with van der Waals surface area (Å²) in [4.78, 5) is 75.7. The smallest absolute Gasteiger partial charge is 0.490 e. The van der Waals surface area contributed by atoms with Crippen LogP contribution in [-0.2, 0) is 25.6 Å². The van der Waals surface area contributed by atoms with E-state index in [1.54, 1.807) is 31.4 Å². The topological polar surface area (TPSA) is 191 Å². The third-order valence-electron chi connectivity index (χ3n) is 9.08. The van der Waals surface area contributed by atoms with Gasteiger partial charge in [0.05, 0.1) is 23.8 Å². The molecule has 1 fully saturated rings. The number of carboxylic acid groups (broad SMARTS) is 2. The van der Waals surface area contributed by atoms with Gasteiger partial charge in [-0.15, -0.1) is 0 Å². The summed E-state index contributed by atoms with van der Waals surface area (Å²) in [6, 6.07) is 15.9. The van der Waals surface area contributed by atoms with Crippen molar-refractivity contribution in [1.29, 1.82) is 0 Å². The fourth-order valence-corrected chi connectivity index (χ4v) is 6.30. The maximum absolute atomic E-state index is 13.9. The molecule has 278 valence electrons. The normalized spacial score (nSPS) is 16.2. The van der Waals surface area contributed by atoms with Gasteiger partial charge < -0.3 is 25.6 Å². The first-order valence-corrected chi connectivity index (χ1v) is 16.4. The van der Waals surface area contributed by atoms with Crippen molar-refractivity contribution in [1.82, 2.24) is 20.9 Å². The monoisotopic (exact) mass is 728 g/mol. The number of imide groups is 1. The van der Waals surface area contributed by atoms with Gasteiger partial charge in [0.15, 0.2) is 0 Å². The standard InChI is InChI=1S/C34H38N4O7.C2HF3O2/c1-35-29(39)28(18-21-10-12-24(45-2)13-11-21)36-33(44)34(15-6-3-7-16-34)37-27(32(42)43)14-17-38-30(40)25-19-22-8-4-5-9-23(22)20-26(25)31(38)41;3-2(4,5)1(6)7/h4-5,8-13,19-20,27-28,37H,3,6-7,14-18H2,1-2H3,(H,35,39)(H,36,44)(H,42,43);(H,6,7). The van der Waals surface area contributed by atoms with Crippen LogP contribution in [0.3, 0.4) is 0 Å². The summed E-state index contributed by atoms with van der Waals surface area (Å²) in [5.74, 6) is -5.06. The van der Waals surface area contributed by atoms with Gasteiger partial charge in [0.25, 0.3) is 11.8 Å². The highest BCUT2D eigenvalue weighted by molar-refractivity contribution is 6.23. The number of amides is 4. The van der Waals surface area contributed by atoms with Crippen LogP contribution < -0.4 is 20.7 Å². The van der Waals surface area contributed by atoms with E-state index < -0.39 is 53.5 Å². The number of hydrogen-bond acceptors (Lipinski definition) is 8. The molecule has 5 rings (SSSR count). The number of carbonyl (C=O) groups is 6. The van der Waals surface area contributed by atoms with E-state index in [2.05, 4.69) is 16.0 Å². The number of nitrogens with one attached hydrogen (secondary N) is 3. The van der Waals surface area contributed by atoms with E-state index in [9.17, 15) is 42.3 Å². The van der Waals surface area contributed by atoms with Crippen LogP contribution in [0.25, 0.3) is 10.8 Å². The number of hydrogen-bond donors (Lipinski definition) is 5. The largest absolute Gasteiger partial charge is 0.497 e. The van der Waals surface area contributed by atoms with Gasteiger partial charge in [0.1, 0.15) is 17.8 Å². The van der Waals surface area contributed by atoms with Gasteiger partial charge in [-0.05, 0) is 59.9 Å². The minimum atomic E-state index is -5.08. The predicted molar refractivity (Wildman–Crippen MR) is 181 cm³/mol. The molecule has 2 aliphatic rings. The molecule has 3 aromatic rings. The van der Waals surface area contributed by atoms with E-state index in [0.29, 0.717) is 42.6 Å². The summed E-state index contributed by atoms with van der Waals surface area (Å²) in [7, 11) is 3.05. The van der Waals surface area contributed by atoms with Crippen LogP contribution in [0.2, 0.25) is 0 Å². The number of aliphatic carboxylic acids is 2. The first-order valence-electron chi connectivity index (χ1n) is 16.4. The van der Waals surface area contributed by atoms with Crippen molar-refractivity contribution in [2.24, 2.45) is 0 Å². The molecule has 0 radical (unpaired) electrons. The Morgan fingerprint density at radius 1 is 0.885 bits per heavy atom. The highest BCUT2D eigenvalue weighted by atomic mass is 19.4. The minimum Gasteiger partial charge on any atom is -0.497 e. The highest BCUT2D eigenvalue weighted by Gasteiger charge is 2.44. The van der Waals surface area contributed by atoms with E-state index in [1.807, 2.05) is 36.4 Å². The van der Waals surface area contributed by atoms with Gasteiger partial charge in [-0.2, -0.15) is 13.2 Å². The molecule has 1 aliphatic carbocycles. The number of methoxy groups -OCH3 is 1. The number of likely N-dealkylation sites (N-methyl/N-ethyl adjacent to an activating group) is 1. The highest BCUT2D eigenvalue weighted by Crippen LogP contribution is 2.31. The number of nitrogens with zero attached hydrogens (tertiary/aromatic N) is 1. The lowest BCUT2D eigenvalue weighted by Gasteiger charge is -2.39. The zero-order chi connectivity index (χ0) is 38.2. The number of alkyl halides is 3. The zero-order valence-electron chi connectivity index (χ0n) is 28.4. The van der Waals surface area contributed by atoms with Crippen molar-refractivity contribution in [3.8, 4) is 5.75 Å². The van der Waals surface area contributed by atoms with Crippen molar-refractivity contribution >= 4 is 46.3 Å². The summed E-state index contributed by atoms with van der Waals surface area (Å²) >= 11 is 0. The molecule has 4 amide bonds. The van der Waals surface area contributed by atoms with Gasteiger partial charge in [-0.1, -0.05) is 55.7 Å². The van der Waals surface area contributed by atoms with Gasteiger partial charge in [0, 0.05) is 20.0 Å². The molecule has 3 aromatic carbocycles. The van der Waals surface area contributed by atoms with E-state index in [1.165, 1.54) is 7.05 Å². The van der Waals surface area contributed by atoms with Crippen LogP contribution in [-0.4, -0.2) is 95.2 Å². The van der Waals surface area contributed by atoms with E-state index >= 15 is 0 Å². The first-order chi connectivity index (χ1) is 24.6. The summed E-state index contributed by atoms with van der Waals surface area (Å²) in [6.45, 7) is -0.136. The second kappa shape index (κ2) is 16.7. The summed E-state index contributed by atoms with van der Waals surface area (Å²) in [5.41, 5.74) is 0.151. The van der Waals surface area contributed by atoms with Gasteiger partial charge >= 0.3 is 18.1 Å². The van der Waals surface area contributed by atoms with Crippen molar-refractivity contribution in [2.75, 3.05) is 20.7 Å². The first kappa shape index (κ1) is 39.3. The van der Waals surface area contributed by atoms with E-state index in [-0.39, 0.29) is 25.3 Å². The Bertz CT molecular complexity index is 1770. The average Bonchev–Trinajstić information content (AvgIpc) is 3.35. The maximum Gasteiger partial charge on any atom is 0.490 e. The van der Waals surface area contributed by atoms with Crippen LogP contribution in [0.15, 0.2) is 60.7 Å². The SMILES string of the molecule is CNC(=O)C(Cc1ccc(OC)cc1)NC(=O)C1(NC(CCN2C(=O)c3cc4ccccc4cc3C2=O)C(=O)O)CCCCC1.O=C(O)C(F)(F)F. The molecule has 1 saturated carbocycles. The Morgan fingerprint density at radius 2 is 1.42 bits per heavy atom. The zero-order valence-corrected chi connectivity index (χ0v) is 28.4. The molecule has 2 unspecified atom stereocenters. The van der Waals surface area contributed by atoms with Gasteiger partial charge in [0.2, 0.25) is 11.8 Å². The van der Waals surface area contributed by atoms with Crippen molar-refractivity contribution < 1.29 is 56.9 Å². The van der Waals surface area contributed by atoms with Crippen molar-refractivity contribution in [3.63, 3.8) is 0 Å². The lowest BCUT2D eigenvalue weighted by Crippen LogP contribution is -2.64. The lowest BCUT2D eigenvalue weighted by atomic mass is 9.79. The number of ether oxygens (including phenoxy) is 1. The molecule has 52 heavy (non-hydrogen) atoms. The molecular weight excluding hydrogens is 689 g/mol. The summed E-state index contributed by atoms with van der Waals surface area (Å²) in [6.07, 6.45) is -1.91. The molecule has 2 atom stereocenters. The third-order valence-corrected chi connectivity index (χ3v) is 9.08. The van der Waals surface area contributed by atoms with Crippen LogP contribution in [0, 0.1) is 0 Å². The molecule has 5 N–H and O–H groups in total. The second-order valence-electron chi connectivity index (χ2n) is 12.5. The molecule has 13 nitrogen and oxygen atoms in total. The Balaban J connectivity index is 0.000000785. The number of carboxylic acids is 2. The molecule has 0 aromatic heterocycles. The Hall–Kier alpha value is -5.51. The van der Waals surface area contributed by atoms with Crippen LogP contribution >= 0.6 is 0 Å². The molecule has 1 aliphatic heterocycles. The number of benzene rings is 3. The average molecular weight is 729 g/mol. The third kappa shape index (κ3) is 9.23. The molecule has 0 bridgehead atoms. The number of halogens is 3. The van der Waals surface area contributed by atoms with Crippen LogP contribution in [0.1, 0.15) is 64.8 Å². The quantitative estimate of drug-likeness (QED) is 0.172. The van der Waals surface area contributed by atoms with Crippen LogP contribution in [0.5, 0.6) is 5.75 Å². The second-order valence-corrected chi connectivity index (χ2v) is 12.5. The summed E-state index contributed by atoms with van der Waals surface area (Å²) in [5, 5.41) is 27.6. The fourth-order valence-electron chi connectivity index (χ4n) is 6.30. The van der Waals surface area contributed by atoms with Crippen LogP contribution in [0.4, 0.5) is 13.2 Å². The lowest BCUT2D eigenvalue weighted by molar-refractivity contribution is -0.192. The Kier molecular flexibility index (Phi) is 12.6. The van der Waals surface area contributed by atoms with Crippen molar-refractivity contribution in [3.05, 3.63) is 77.4 Å². The Labute approximate surface area is 296 Å². The molecule has 0 saturated heterocycles. The van der Waals surface area contributed by atoms with Gasteiger partial charge in [-0.3, -0.25) is 34.2 Å². The maximum atomic E-state index is 13.9. The van der Waals surface area contributed by atoms with Crippen molar-refractivity contribution in [2.45, 2.75) is 68.7 Å². The number of fused-ring (bicyclic) bond motifs is 2. The minimum absolute atomic E-state index is 0.0971. The number of carbonyl (C=O) groups excluding carboxylic acids is 4. The van der Waals surface area contributed by atoms with E-state index in [0.717, 1.165) is 27.7 Å². The molecule has 1 heterocycles. The molecule has 16 heteroatoms. The Morgan fingerprint density at radius 3 is 1.88 bits per heavy atom. The summed E-state index contributed by atoms with van der Waals surface area (Å²) < 4.78 is 36.9. The predicted octanol–water partition coefficient (Wildman–Crippen LogP) is 3.69. The molecule has 0 spiro atoms.